The van der Waals surface area contributed by atoms with Crippen LogP contribution < -0.4 is 20.1 Å². The van der Waals surface area contributed by atoms with Crippen molar-refractivity contribution in [2.24, 2.45) is 0 Å². The predicted octanol–water partition coefficient (Wildman–Crippen LogP) is 1.18. The summed E-state index contributed by atoms with van der Waals surface area (Å²) < 4.78 is 10.6. The van der Waals surface area contributed by atoms with E-state index >= 15 is 0 Å². The van der Waals surface area contributed by atoms with Crippen LogP contribution in [-0.4, -0.2) is 47.2 Å². The van der Waals surface area contributed by atoms with Crippen molar-refractivity contribution in [1.82, 2.24) is 15.5 Å². The molecule has 1 aromatic rings. The summed E-state index contributed by atoms with van der Waals surface area (Å²) in [6, 6.07) is 4.83. The zero-order valence-electron chi connectivity index (χ0n) is 15.3. The number of benzene rings is 1. The van der Waals surface area contributed by atoms with Crippen LogP contribution in [0.2, 0.25) is 0 Å². The molecule has 1 fully saturated rings. The zero-order chi connectivity index (χ0) is 19.1. The van der Waals surface area contributed by atoms with E-state index in [2.05, 4.69) is 10.6 Å². The Labute approximate surface area is 151 Å². The molecule has 0 bridgehead atoms. The third kappa shape index (κ3) is 3.58. The zero-order valence-corrected chi connectivity index (χ0v) is 15.3. The van der Waals surface area contributed by atoms with Gasteiger partial charge >= 0.3 is 6.03 Å². The Bertz CT molecular complexity index is 771. The summed E-state index contributed by atoms with van der Waals surface area (Å²) in [5.74, 6) is 0.461. The number of carbonyl (C=O) groups excluding carboxylic acids is 3. The van der Waals surface area contributed by atoms with Gasteiger partial charge in [0, 0.05) is 12.0 Å². The Morgan fingerprint density at radius 2 is 1.96 bits per heavy atom. The van der Waals surface area contributed by atoms with Crippen molar-refractivity contribution in [2.75, 3.05) is 13.3 Å². The molecule has 26 heavy (non-hydrogen) atoms. The van der Waals surface area contributed by atoms with Crippen LogP contribution in [0.15, 0.2) is 18.2 Å². The van der Waals surface area contributed by atoms with E-state index in [1.54, 1.807) is 19.1 Å². The Morgan fingerprint density at radius 3 is 2.65 bits per heavy atom. The molecule has 8 nitrogen and oxygen atoms in total. The van der Waals surface area contributed by atoms with Crippen LogP contribution in [0.1, 0.15) is 33.3 Å². The van der Waals surface area contributed by atoms with Gasteiger partial charge in [-0.3, -0.25) is 14.5 Å². The first-order valence-electron chi connectivity index (χ1n) is 8.41. The minimum absolute atomic E-state index is 0.169. The summed E-state index contributed by atoms with van der Waals surface area (Å²) in [6.07, 6.45) is 0.283. The van der Waals surface area contributed by atoms with E-state index in [4.69, 9.17) is 9.47 Å². The number of ether oxygens (including phenoxy) is 2. The summed E-state index contributed by atoms with van der Waals surface area (Å²) in [4.78, 5) is 38.1. The lowest BCUT2D eigenvalue weighted by Gasteiger charge is -2.23. The molecule has 1 saturated heterocycles. The number of nitrogens with zero attached hydrogens (tertiary/aromatic N) is 1. The van der Waals surface area contributed by atoms with Gasteiger partial charge in [-0.25, -0.2) is 4.79 Å². The summed E-state index contributed by atoms with van der Waals surface area (Å²) in [5.41, 5.74) is -0.731. The van der Waals surface area contributed by atoms with E-state index in [0.717, 1.165) is 10.5 Å². The van der Waals surface area contributed by atoms with Crippen LogP contribution in [0, 0.1) is 0 Å². The van der Waals surface area contributed by atoms with Crippen molar-refractivity contribution in [2.45, 2.75) is 45.2 Å². The normalized spacial score (nSPS) is 21.8. The lowest BCUT2D eigenvalue weighted by molar-refractivity contribution is -0.135. The van der Waals surface area contributed by atoms with E-state index in [1.165, 1.54) is 0 Å². The molecule has 0 saturated carbocycles. The molecule has 3 rings (SSSR count). The number of urea groups is 1. The average molecular weight is 361 g/mol. The Balaban J connectivity index is 1.71. The minimum Gasteiger partial charge on any atom is -0.454 e. The first-order valence-corrected chi connectivity index (χ1v) is 8.41. The van der Waals surface area contributed by atoms with Crippen LogP contribution in [0.3, 0.4) is 0 Å². The maximum absolute atomic E-state index is 12.8. The lowest BCUT2D eigenvalue weighted by atomic mass is 9.92. The van der Waals surface area contributed by atoms with Crippen LogP contribution in [-0.2, 0) is 16.0 Å². The topological polar surface area (TPSA) is 97.0 Å². The highest BCUT2D eigenvalue weighted by atomic mass is 16.7. The maximum atomic E-state index is 12.8. The molecule has 2 heterocycles. The molecule has 2 aliphatic rings. The first-order chi connectivity index (χ1) is 12.1. The van der Waals surface area contributed by atoms with Crippen LogP contribution in [0.4, 0.5) is 4.79 Å². The SMILES string of the molecule is CC(C)(C)NC(=O)CN1C(=O)N[C@@](C)(Cc2ccc3c(c2)OCO3)C1=O. The first kappa shape index (κ1) is 18.0. The van der Waals surface area contributed by atoms with E-state index in [1.807, 2.05) is 26.8 Å². The lowest BCUT2D eigenvalue weighted by Crippen LogP contribution is -2.49. The van der Waals surface area contributed by atoms with E-state index in [0.29, 0.717) is 11.5 Å². The molecule has 0 unspecified atom stereocenters. The van der Waals surface area contributed by atoms with Gasteiger partial charge in [-0.05, 0) is 45.4 Å². The van der Waals surface area contributed by atoms with Gasteiger partial charge in [-0.2, -0.15) is 0 Å². The fourth-order valence-electron chi connectivity index (χ4n) is 3.07. The Kier molecular flexibility index (Phi) is 4.29. The quantitative estimate of drug-likeness (QED) is 0.785. The van der Waals surface area contributed by atoms with Crippen molar-refractivity contribution in [1.29, 1.82) is 0 Å². The Morgan fingerprint density at radius 1 is 1.27 bits per heavy atom. The molecule has 0 radical (unpaired) electrons. The van der Waals surface area contributed by atoms with Crippen LogP contribution >= 0.6 is 0 Å². The molecule has 2 aliphatic heterocycles. The minimum atomic E-state index is -1.12. The molecule has 0 aliphatic carbocycles. The van der Waals surface area contributed by atoms with Crippen molar-refractivity contribution in [3.8, 4) is 11.5 Å². The number of hydrogen-bond donors (Lipinski definition) is 2. The van der Waals surface area contributed by atoms with Crippen molar-refractivity contribution >= 4 is 17.8 Å². The molecule has 8 heteroatoms. The van der Waals surface area contributed by atoms with E-state index < -0.39 is 23.0 Å². The highest BCUT2D eigenvalue weighted by molar-refractivity contribution is 6.09. The van der Waals surface area contributed by atoms with Gasteiger partial charge in [-0.15, -0.1) is 0 Å². The van der Waals surface area contributed by atoms with E-state index in [9.17, 15) is 14.4 Å². The smallest absolute Gasteiger partial charge is 0.325 e. The fourth-order valence-corrected chi connectivity index (χ4v) is 3.07. The number of rotatable bonds is 4. The van der Waals surface area contributed by atoms with Gasteiger partial charge in [0.15, 0.2) is 11.5 Å². The molecule has 140 valence electrons. The van der Waals surface area contributed by atoms with E-state index in [-0.39, 0.29) is 25.7 Å². The number of hydrogen-bond acceptors (Lipinski definition) is 5. The standard InChI is InChI=1S/C18H23N3O5/c1-17(2,3)19-14(22)9-21-15(23)18(4,20-16(21)24)8-11-5-6-12-13(7-11)26-10-25-12/h5-7H,8-10H2,1-4H3,(H,19,22)(H,20,24)/t18-/m0/s1. The highest BCUT2D eigenvalue weighted by Crippen LogP contribution is 2.34. The predicted molar refractivity (Wildman–Crippen MR) is 92.8 cm³/mol. The Hall–Kier alpha value is -2.77. The van der Waals surface area contributed by atoms with Gasteiger partial charge in [0.2, 0.25) is 12.7 Å². The van der Waals surface area contributed by atoms with Crippen LogP contribution in [0.5, 0.6) is 11.5 Å². The van der Waals surface area contributed by atoms with Crippen molar-refractivity contribution in [3.63, 3.8) is 0 Å². The molecular formula is C18H23N3O5. The second-order valence-electron chi connectivity index (χ2n) is 7.82. The highest BCUT2D eigenvalue weighted by Gasteiger charge is 2.48. The molecule has 1 atom stereocenters. The van der Waals surface area contributed by atoms with Crippen LogP contribution in [0.25, 0.3) is 0 Å². The fraction of sp³-hybridized carbons (Fsp3) is 0.500. The number of nitrogens with one attached hydrogen (secondary N) is 2. The molecular weight excluding hydrogens is 338 g/mol. The van der Waals surface area contributed by atoms with Crippen molar-refractivity contribution < 1.29 is 23.9 Å². The average Bonchev–Trinajstić information content (AvgIpc) is 3.04. The number of imide groups is 1. The third-order valence-electron chi connectivity index (χ3n) is 4.16. The third-order valence-corrected chi connectivity index (χ3v) is 4.16. The summed E-state index contributed by atoms with van der Waals surface area (Å²) in [6.45, 7) is 7.02. The van der Waals surface area contributed by atoms with Gasteiger partial charge in [0.1, 0.15) is 12.1 Å². The number of amides is 4. The number of carbonyl (C=O) groups is 3. The second-order valence-corrected chi connectivity index (χ2v) is 7.82. The monoisotopic (exact) mass is 361 g/mol. The second kappa shape index (κ2) is 6.19. The largest absolute Gasteiger partial charge is 0.454 e. The number of fused-ring (bicyclic) bond motifs is 1. The van der Waals surface area contributed by atoms with Gasteiger partial charge in [0.05, 0.1) is 0 Å². The molecule has 2 N–H and O–H groups in total. The maximum Gasteiger partial charge on any atom is 0.325 e. The van der Waals surface area contributed by atoms with Gasteiger partial charge in [0.25, 0.3) is 5.91 Å². The van der Waals surface area contributed by atoms with Gasteiger partial charge < -0.3 is 20.1 Å². The molecule has 1 aromatic carbocycles. The molecule has 4 amide bonds. The molecule has 0 aromatic heterocycles. The summed E-state index contributed by atoms with van der Waals surface area (Å²) in [5, 5.41) is 5.45. The van der Waals surface area contributed by atoms with Crippen molar-refractivity contribution in [3.05, 3.63) is 23.8 Å². The molecule has 0 spiro atoms. The van der Waals surface area contributed by atoms with Gasteiger partial charge in [-0.1, -0.05) is 6.07 Å². The summed E-state index contributed by atoms with van der Waals surface area (Å²) >= 11 is 0. The summed E-state index contributed by atoms with van der Waals surface area (Å²) in [7, 11) is 0.